The molecule has 0 radical (unpaired) electrons. The van der Waals surface area contributed by atoms with Crippen molar-refractivity contribution in [3.05, 3.63) is 64.4 Å². The second-order valence-corrected chi connectivity index (χ2v) is 5.05. The minimum Gasteiger partial charge on any atom is -0.368 e. The number of hydrogen-bond acceptors (Lipinski definition) is 3. The van der Waals surface area contributed by atoms with E-state index in [2.05, 4.69) is 26.2 Å². The number of pyridine rings is 1. The summed E-state index contributed by atoms with van der Waals surface area (Å²) in [7, 11) is 0. The lowest BCUT2D eigenvalue weighted by atomic mass is 10.1. The summed E-state index contributed by atoms with van der Waals surface area (Å²) in [4.78, 5) is 15.6. The van der Waals surface area contributed by atoms with Gasteiger partial charge >= 0.3 is 0 Å². The van der Waals surface area contributed by atoms with Gasteiger partial charge in [0.1, 0.15) is 6.04 Å². The molecule has 1 atom stereocenters. The van der Waals surface area contributed by atoms with Gasteiger partial charge in [0.15, 0.2) is 0 Å². The molecule has 1 aromatic heterocycles. The van der Waals surface area contributed by atoms with Crippen molar-refractivity contribution in [2.24, 2.45) is 5.73 Å². The van der Waals surface area contributed by atoms with E-state index >= 15 is 0 Å². The van der Waals surface area contributed by atoms with Crippen LogP contribution in [0.15, 0.2) is 53.3 Å². The fraction of sp³-hybridized carbons (Fsp3) is 0.143. The van der Waals surface area contributed by atoms with Gasteiger partial charge < -0.3 is 5.73 Å². The van der Waals surface area contributed by atoms with Crippen LogP contribution in [0, 0.1) is 0 Å². The number of halogens is 1. The van der Waals surface area contributed by atoms with Crippen LogP contribution in [0.2, 0.25) is 0 Å². The molecule has 0 aliphatic rings. The summed E-state index contributed by atoms with van der Waals surface area (Å²) >= 11 is 3.33. The number of nitrogens with two attached hydrogens (primary N) is 1. The predicted octanol–water partition coefficient (Wildman–Crippen LogP) is 2.16. The molecule has 0 saturated heterocycles. The minimum atomic E-state index is -0.551. The Morgan fingerprint density at radius 2 is 2.05 bits per heavy atom. The van der Waals surface area contributed by atoms with Gasteiger partial charge in [0.25, 0.3) is 0 Å². The number of carbonyl (C=O) groups is 1. The van der Waals surface area contributed by atoms with Crippen molar-refractivity contribution in [3.63, 3.8) is 0 Å². The second-order valence-electron chi connectivity index (χ2n) is 4.14. The van der Waals surface area contributed by atoms with Crippen molar-refractivity contribution in [1.82, 2.24) is 10.3 Å². The molecule has 1 aromatic carbocycles. The summed E-state index contributed by atoms with van der Waals surface area (Å²) in [6, 6.07) is 11.1. The third-order valence-corrected chi connectivity index (χ3v) is 3.13. The molecule has 5 heteroatoms. The zero-order valence-electron chi connectivity index (χ0n) is 10.2. The third kappa shape index (κ3) is 3.87. The number of benzene rings is 1. The lowest BCUT2D eigenvalue weighted by Crippen LogP contribution is -2.33. The Morgan fingerprint density at radius 1 is 1.32 bits per heavy atom. The Morgan fingerprint density at radius 3 is 2.68 bits per heavy atom. The van der Waals surface area contributed by atoms with Crippen molar-refractivity contribution in [1.29, 1.82) is 0 Å². The van der Waals surface area contributed by atoms with Crippen LogP contribution in [0.25, 0.3) is 0 Å². The van der Waals surface area contributed by atoms with E-state index in [4.69, 9.17) is 5.73 Å². The van der Waals surface area contributed by atoms with Crippen LogP contribution >= 0.6 is 15.9 Å². The number of nitrogens with zero attached hydrogens (tertiary/aromatic N) is 1. The quantitative estimate of drug-likeness (QED) is 0.887. The van der Waals surface area contributed by atoms with Crippen LogP contribution in [-0.4, -0.2) is 10.9 Å². The Bertz CT molecular complexity index is 560. The van der Waals surface area contributed by atoms with Gasteiger partial charge in [0.05, 0.1) is 0 Å². The zero-order chi connectivity index (χ0) is 13.7. The largest absolute Gasteiger partial charge is 0.368 e. The van der Waals surface area contributed by atoms with Crippen LogP contribution in [0.3, 0.4) is 0 Å². The fourth-order valence-electron chi connectivity index (χ4n) is 1.78. The SMILES string of the molecule is NC(=O)C(NCc1ccccc1)c1cncc(Br)c1. The van der Waals surface area contributed by atoms with Crippen molar-refractivity contribution in [2.45, 2.75) is 12.6 Å². The molecule has 19 heavy (non-hydrogen) atoms. The molecule has 0 fully saturated rings. The van der Waals surface area contributed by atoms with E-state index in [1.807, 2.05) is 36.4 Å². The average molecular weight is 320 g/mol. The van der Waals surface area contributed by atoms with Gasteiger partial charge in [0.2, 0.25) is 5.91 Å². The van der Waals surface area contributed by atoms with E-state index in [1.165, 1.54) is 0 Å². The average Bonchev–Trinajstić information content (AvgIpc) is 2.40. The molecule has 0 aliphatic carbocycles. The number of carbonyl (C=O) groups excluding carboxylic acids is 1. The first-order chi connectivity index (χ1) is 9.16. The summed E-state index contributed by atoms with van der Waals surface area (Å²) in [6.07, 6.45) is 3.30. The number of nitrogens with one attached hydrogen (secondary N) is 1. The highest BCUT2D eigenvalue weighted by molar-refractivity contribution is 9.10. The van der Waals surface area contributed by atoms with E-state index in [-0.39, 0.29) is 0 Å². The molecule has 1 heterocycles. The van der Waals surface area contributed by atoms with Crippen LogP contribution in [0.1, 0.15) is 17.2 Å². The summed E-state index contributed by atoms with van der Waals surface area (Å²) in [5, 5.41) is 3.14. The molecular formula is C14H14BrN3O. The molecule has 0 saturated carbocycles. The minimum absolute atomic E-state index is 0.421. The van der Waals surface area contributed by atoms with Crippen molar-refractivity contribution in [2.75, 3.05) is 0 Å². The Labute approximate surface area is 120 Å². The summed E-state index contributed by atoms with van der Waals surface area (Å²) in [6.45, 7) is 0.570. The Hall–Kier alpha value is -1.72. The van der Waals surface area contributed by atoms with E-state index in [9.17, 15) is 4.79 Å². The first-order valence-electron chi connectivity index (χ1n) is 5.84. The summed E-state index contributed by atoms with van der Waals surface area (Å²) in [5.74, 6) is -0.421. The van der Waals surface area contributed by atoms with Crippen LogP contribution in [0.5, 0.6) is 0 Å². The zero-order valence-corrected chi connectivity index (χ0v) is 11.8. The summed E-state index contributed by atoms with van der Waals surface area (Å²) in [5.41, 5.74) is 7.28. The number of primary amides is 1. The van der Waals surface area contributed by atoms with Crippen LogP contribution in [0.4, 0.5) is 0 Å². The molecule has 1 unspecified atom stereocenters. The number of rotatable bonds is 5. The highest BCUT2D eigenvalue weighted by Crippen LogP contribution is 2.17. The predicted molar refractivity (Wildman–Crippen MR) is 77.2 cm³/mol. The molecule has 98 valence electrons. The van der Waals surface area contributed by atoms with Gasteiger partial charge in [-0.3, -0.25) is 15.1 Å². The third-order valence-electron chi connectivity index (χ3n) is 2.70. The maximum atomic E-state index is 11.5. The standard InChI is InChI=1S/C14H14BrN3O/c15-12-6-11(8-17-9-12)13(14(16)19)18-7-10-4-2-1-3-5-10/h1-6,8-9,13,18H,7H2,(H2,16,19). The highest BCUT2D eigenvalue weighted by Gasteiger charge is 2.17. The lowest BCUT2D eigenvalue weighted by Gasteiger charge is -2.15. The van der Waals surface area contributed by atoms with Gasteiger partial charge in [-0.1, -0.05) is 30.3 Å². The van der Waals surface area contributed by atoms with Crippen LogP contribution < -0.4 is 11.1 Å². The fourth-order valence-corrected chi connectivity index (χ4v) is 2.17. The molecule has 2 aromatic rings. The Kier molecular flexibility index (Phi) is 4.65. The van der Waals surface area contributed by atoms with Gasteiger partial charge in [-0.15, -0.1) is 0 Å². The van der Waals surface area contributed by atoms with Gasteiger partial charge in [-0.2, -0.15) is 0 Å². The molecule has 0 bridgehead atoms. The van der Waals surface area contributed by atoms with Crippen molar-refractivity contribution < 1.29 is 4.79 Å². The van der Waals surface area contributed by atoms with Crippen LogP contribution in [-0.2, 0) is 11.3 Å². The molecular weight excluding hydrogens is 306 g/mol. The number of aromatic nitrogens is 1. The van der Waals surface area contributed by atoms with E-state index in [0.717, 1.165) is 15.6 Å². The molecule has 0 aliphatic heterocycles. The smallest absolute Gasteiger partial charge is 0.239 e. The van der Waals surface area contributed by atoms with E-state index in [1.54, 1.807) is 12.4 Å². The first-order valence-corrected chi connectivity index (χ1v) is 6.63. The second kappa shape index (κ2) is 6.45. The van der Waals surface area contributed by atoms with Gasteiger partial charge in [0, 0.05) is 23.4 Å². The number of amides is 1. The monoisotopic (exact) mass is 319 g/mol. The first kappa shape index (κ1) is 13.7. The van der Waals surface area contributed by atoms with Crippen molar-refractivity contribution in [3.8, 4) is 0 Å². The molecule has 3 N–H and O–H groups in total. The number of hydrogen-bond donors (Lipinski definition) is 2. The Balaban J connectivity index is 2.11. The maximum absolute atomic E-state index is 11.5. The van der Waals surface area contributed by atoms with Gasteiger partial charge in [-0.25, -0.2) is 0 Å². The lowest BCUT2D eigenvalue weighted by molar-refractivity contribution is -0.120. The molecule has 4 nitrogen and oxygen atoms in total. The molecule has 2 rings (SSSR count). The topological polar surface area (TPSA) is 68.0 Å². The molecule has 1 amide bonds. The van der Waals surface area contributed by atoms with E-state index < -0.39 is 11.9 Å². The van der Waals surface area contributed by atoms with Gasteiger partial charge in [-0.05, 0) is 33.1 Å². The molecule has 0 spiro atoms. The van der Waals surface area contributed by atoms with Crippen molar-refractivity contribution >= 4 is 21.8 Å². The summed E-state index contributed by atoms with van der Waals surface area (Å²) < 4.78 is 0.817. The highest BCUT2D eigenvalue weighted by atomic mass is 79.9. The maximum Gasteiger partial charge on any atom is 0.239 e. The van der Waals surface area contributed by atoms with E-state index in [0.29, 0.717) is 6.54 Å². The normalized spacial score (nSPS) is 12.1.